The van der Waals surface area contributed by atoms with Crippen molar-refractivity contribution in [1.82, 2.24) is 10.6 Å². The summed E-state index contributed by atoms with van der Waals surface area (Å²) in [6, 6.07) is 8.03. The Kier molecular flexibility index (Phi) is 10.2. The van der Waals surface area contributed by atoms with E-state index in [1.807, 2.05) is 39.0 Å². The van der Waals surface area contributed by atoms with Gasteiger partial charge in [0.1, 0.15) is 11.4 Å². The van der Waals surface area contributed by atoms with Gasteiger partial charge in [0.2, 0.25) is 0 Å². The van der Waals surface area contributed by atoms with Crippen LogP contribution >= 0.6 is 24.0 Å². The lowest BCUT2D eigenvalue weighted by atomic mass is 10.1. The zero-order chi connectivity index (χ0) is 15.7. The molecule has 0 radical (unpaired) electrons. The molecule has 0 fully saturated rings. The lowest BCUT2D eigenvalue weighted by Gasteiger charge is -2.23. The third-order valence-electron chi connectivity index (χ3n) is 2.66. The maximum Gasteiger partial charge on any atom is 0.191 e. The highest BCUT2D eigenvalue weighted by Gasteiger charge is 2.14. The minimum Gasteiger partial charge on any atom is -0.488 e. The summed E-state index contributed by atoms with van der Waals surface area (Å²) in [7, 11) is 3.43. The van der Waals surface area contributed by atoms with Gasteiger partial charge in [0, 0.05) is 32.8 Å². The van der Waals surface area contributed by atoms with Crippen molar-refractivity contribution in [2.45, 2.75) is 32.9 Å². The van der Waals surface area contributed by atoms with E-state index in [1.54, 1.807) is 14.2 Å². The van der Waals surface area contributed by atoms with Crippen LogP contribution in [0.3, 0.4) is 0 Å². The third-order valence-corrected chi connectivity index (χ3v) is 2.66. The summed E-state index contributed by atoms with van der Waals surface area (Å²) in [6.45, 7) is 8.15. The molecule has 2 N–H and O–H groups in total. The Bertz CT molecular complexity index is 459. The van der Waals surface area contributed by atoms with Crippen molar-refractivity contribution < 1.29 is 9.47 Å². The number of methoxy groups -OCH3 is 1. The van der Waals surface area contributed by atoms with Gasteiger partial charge in [0.05, 0.1) is 6.61 Å². The molecule has 0 aliphatic carbocycles. The van der Waals surface area contributed by atoms with Crippen LogP contribution in [0.5, 0.6) is 5.75 Å². The summed E-state index contributed by atoms with van der Waals surface area (Å²) >= 11 is 0. The number of nitrogens with one attached hydrogen (secondary N) is 2. The molecule has 0 atom stereocenters. The zero-order valence-corrected chi connectivity index (χ0v) is 16.4. The maximum atomic E-state index is 5.98. The van der Waals surface area contributed by atoms with Gasteiger partial charge in [-0.3, -0.25) is 4.99 Å². The summed E-state index contributed by atoms with van der Waals surface area (Å²) in [5, 5.41) is 6.46. The first kappa shape index (κ1) is 21.0. The van der Waals surface area contributed by atoms with E-state index in [0.717, 1.165) is 23.8 Å². The number of hydrogen-bond acceptors (Lipinski definition) is 3. The summed E-state index contributed by atoms with van der Waals surface area (Å²) in [6.07, 6.45) is 0. The molecule has 1 aromatic rings. The molecule has 1 aromatic carbocycles. The maximum absolute atomic E-state index is 5.98. The smallest absolute Gasteiger partial charge is 0.191 e. The monoisotopic (exact) mass is 421 g/mol. The summed E-state index contributed by atoms with van der Waals surface area (Å²) in [5.74, 6) is 1.64. The van der Waals surface area contributed by atoms with Gasteiger partial charge in [-0.2, -0.15) is 0 Å². The standard InChI is InChI=1S/C16H27N3O2.HI/c1-16(2,3)21-14-9-7-6-8-13(14)12-19-15(17-4)18-10-11-20-5;/h6-9H,10-12H2,1-5H3,(H2,17,18,19);1H. The molecule has 0 saturated heterocycles. The Balaban J connectivity index is 0.00000441. The minimum absolute atomic E-state index is 0. The fraction of sp³-hybridized carbons (Fsp3) is 0.562. The second-order valence-electron chi connectivity index (χ2n) is 5.67. The van der Waals surface area contributed by atoms with Crippen molar-refractivity contribution in [3.63, 3.8) is 0 Å². The van der Waals surface area contributed by atoms with Crippen molar-refractivity contribution in [2.24, 2.45) is 4.99 Å². The normalized spacial score (nSPS) is 11.6. The highest BCUT2D eigenvalue weighted by molar-refractivity contribution is 14.0. The average Bonchev–Trinajstić information content (AvgIpc) is 2.42. The quantitative estimate of drug-likeness (QED) is 0.321. The van der Waals surface area contributed by atoms with E-state index in [1.165, 1.54) is 0 Å². The summed E-state index contributed by atoms with van der Waals surface area (Å²) in [4.78, 5) is 4.18. The number of hydrogen-bond donors (Lipinski definition) is 2. The molecule has 0 amide bonds. The van der Waals surface area contributed by atoms with E-state index in [0.29, 0.717) is 13.2 Å². The fourth-order valence-corrected chi connectivity index (χ4v) is 1.75. The molecule has 0 saturated carbocycles. The molecule has 1 rings (SSSR count). The van der Waals surface area contributed by atoms with Gasteiger partial charge in [-0.05, 0) is 26.8 Å². The van der Waals surface area contributed by atoms with E-state index >= 15 is 0 Å². The molecule has 22 heavy (non-hydrogen) atoms. The molecule has 0 aromatic heterocycles. The summed E-state index contributed by atoms with van der Waals surface area (Å²) < 4.78 is 11.0. The van der Waals surface area contributed by atoms with E-state index < -0.39 is 0 Å². The van der Waals surface area contributed by atoms with Crippen LogP contribution in [-0.4, -0.2) is 38.9 Å². The Morgan fingerprint density at radius 1 is 1.18 bits per heavy atom. The fourth-order valence-electron chi connectivity index (χ4n) is 1.75. The average molecular weight is 421 g/mol. The van der Waals surface area contributed by atoms with Gasteiger partial charge in [-0.25, -0.2) is 0 Å². The predicted octanol–water partition coefficient (Wildman–Crippen LogP) is 2.79. The second kappa shape index (κ2) is 10.7. The van der Waals surface area contributed by atoms with Crippen molar-refractivity contribution in [1.29, 1.82) is 0 Å². The van der Waals surface area contributed by atoms with Crippen molar-refractivity contribution in [2.75, 3.05) is 27.3 Å². The largest absolute Gasteiger partial charge is 0.488 e. The van der Waals surface area contributed by atoms with Crippen molar-refractivity contribution in [3.05, 3.63) is 29.8 Å². The van der Waals surface area contributed by atoms with Crippen LogP contribution in [0.15, 0.2) is 29.3 Å². The van der Waals surface area contributed by atoms with Crippen LogP contribution in [0.2, 0.25) is 0 Å². The highest BCUT2D eigenvalue weighted by atomic mass is 127. The molecular formula is C16H28IN3O2. The molecule has 0 aliphatic heterocycles. The molecule has 0 heterocycles. The third kappa shape index (κ3) is 8.43. The first-order valence-electron chi connectivity index (χ1n) is 7.16. The molecular weight excluding hydrogens is 393 g/mol. The number of guanidine groups is 1. The van der Waals surface area contributed by atoms with Gasteiger partial charge in [-0.1, -0.05) is 18.2 Å². The van der Waals surface area contributed by atoms with Gasteiger partial charge < -0.3 is 20.1 Å². The molecule has 126 valence electrons. The van der Waals surface area contributed by atoms with Crippen LogP contribution in [0, 0.1) is 0 Å². The number of aliphatic imine (C=N–C) groups is 1. The lowest BCUT2D eigenvalue weighted by molar-refractivity contribution is 0.129. The first-order chi connectivity index (χ1) is 9.96. The molecule has 0 bridgehead atoms. The molecule has 0 unspecified atom stereocenters. The van der Waals surface area contributed by atoms with E-state index in [2.05, 4.69) is 21.7 Å². The molecule has 5 nitrogen and oxygen atoms in total. The van der Waals surface area contributed by atoms with E-state index in [-0.39, 0.29) is 29.6 Å². The number of ether oxygens (including phenoxy) is 2. The number of rotatable bonds is 6. The molecule has 0 aliphatic rings. The Hall–Kier alpha value is -1.02. The number of halogens is 1. The zero-order valence-electron chi connectivity index (χ0n) is 14.1. The Morgan fingerprint density at radius 3 is 2.45 bits per heavy atom. The molecule has 6 heteroatoms. The minimum atomic E-state index is -0.214. The Morgan fingerprint density at radius 2 is 1.86 bits per heavy atom. The highest BCUT2D eigenvalue weighted by Crippen LogP contribution is 2.22. The van der Waals surface area contributed by atoms with Gasteiger partial charge in [-0.15, -0.1) is 24.0 Å². The predicted molar refractivity (Wildman–Crippen MR) is 102 cm³/mol. The molecule has 0 spiro atoms. The van der Waals surface area contributed by atoms with Gasteiger partial charge in [0.15, 0.2) is 5.96 Å². The van der Waals surface area contributed by atoms with E-state index in [4.69, 9.17) is 9.47 Å². The lowest BCUT2D eigenvalue weighted by Crippen LogP contribution is -2.38. The van der Waals surface area contributed by atoms with Crippen molar-refractivity contribution >= 4 is 29.9 Å². The van der Waals surface area contributed by atoms with Gasteiger partial charge >= 0.3 is 0 Å². The first-order valence-corrected chi connectivity index (χ1v) is 7.16. The summed E-state index contributed by atoms with van der Waals surface area (Å²) in [5.41, 5.74) is 0.885. The number of nitrogens with zero attached hydrogens (tertiary/aromatic N) is 1. The van der Waals surface area contributed by atoms with Crippen LogP contribution in [0.25, 0.3) is 0 Å². The number of benzene rings is 1. The topological polar surface area (TPSA) is 54.9 Å². The van der Waals surface area contributed by atoms with Crippen LogP contribution in [0.4, 0.5) is 0 Å². The van der Waals surface area contributed by atoms with Crippen LogP contribution in [0.1, 0.15) is 26.3 Å². The second-order valence-corrected chi connectivity index (χ2v) is 5.67. The van der Waals surface area contributed by atoms with Crippen LogP contribution < -0.4 is 15.4 Å². The van der Waals surface area contributed by atoms with E-state index in [9.17, 15) is 0 Å². The Labute approximate surface area is 150 Å². The van der Waals surface area contributed by atoms with Crippen molar-refractivity contribution in [3.8, 4) is 5.75 Å². The van der Waals surface area contributed by atoms with Crippen LogP contribution in [-0.2, 0) is 11.3 Å². The number of para-hydroxylation sites is 1. The SMILES string of the molecule is CN=C(NCCOC)NCc1ccccc1OC(C)(C)C.I. The van der Waals surface area contributed by atoms with Gasteiger partial charge in [0.25, 0.3) is 0 Å².